The minimum atomic E-state index is -0.438. The predicted octanol–water partition coefficient (Wildman–Crippen LogP) is 0.944. The largest absolute Gasteiger partial charge is 0.396 e. The second kappa shape index (κ2) is 6.00. The number of rotatable bonds is 4. The van der Waals surface area contributed by atoms with E-state index in [0.717, 1.165) is 12.8 Å². The molecule has 1 aromatic heterocycles. The van der Waals surface area contributed by atoms with Crippen molar-refractivity contribution in [2.45, 2.75) is 19.8 Å². The van der Waals surface area contributed by atoms with Gasteiger partial charge in [0.05, 0.1) is 4.92 Å². The summed E-state index contributed by atoms with van der Waals surface area (Å²) in [5.74, 6) is 0.843. The Morgan fingerprint density at radius 1 is 1.55 bits per heavy atom. The van der Waals surface area contributed by atoms with Gasteiger partial charge in [-0.3, -0.25) is 10.1 Å². The van der Waals surface area contributed by atoms with Crippen LogP contribution in [0.2, 0.25) is 0 Å². The molecule has 0 radical (unpaired) electrons. The highest BCUT2D eigenvalue weighted by atomic mass is 16.6. The van der Waals surface area contributed by atoms with E-state index >= 15 is 0 Å². The first kappa shape index (κ1) is 14.4. The third kappa shape index (κ3) is 2.79. The molecule has 1 fully saturated rings. The molecular formula is C12H19N5O3. The summed E-state index contributed by atoms with van der Waals surface area (Å²) in [5.41, 5.74) is 0.290. The molecule has 20 heavy (non-hydrogen) atoms. The minimum absolute atomic E-state index is 0.0532. The smallest absolute Gasteiger partial charge is 0.332 e. The Morgan fingerprint density at radius 2 is 2.30 bits per heavy atom. The van der Waals surface area contributed by atoms with Crippen molar-refractivity contribution >= 4 is 17.5 Å². The molecule has 1 saturated heterocycles. The maximum atomic E-state index is 11.3. The van der Waals surface area contributed by atoms with E-state index in [0.29, 0.717) is 30.5 Å². The SMILES string of the molecule is CNc1nc(C)c([N+](=O)[O-])c(N2CCCC(CO)C2)n1. The standard InChI is InChI=1S/C12H19N5O3/c1-8-10(17(19)20)11(15-12(13-2)14-8)16-5-3-4-9(6-16)7-18/h9,18H,3-7H2,1-2H3,(H,13,14,15). The third-order valence-electron chi connectivity index (χ3n) is 3.52. The molecule has 8 nitrogen and oxygen atoms in total. The molecule has 1 aliphatic rings. The number of hydrogen-bond acceptors (Lipinski definition) is 7. The molecule has 1 atom stereocenters. The Labute approximate surface area is 117 Å². The molecule has 0 spiro atoms. The highest BCUT2D eigenvalue weighted by Gasteiger charge is 2.29. The van der Waals surface area contributed by atoms with E-state index in [2.05, 4.69) is 15.3 Å². The minimum Gasteiger partial charge on any atom is -0.396 e. The number of hydrogen-bond donors (Lipinski definition) is 2. The van der Waals surface area contributed by atoms with Crippen molar-refractivity contribution in [1.29, 1.82) is 0 Å². The molecule has 0 aromatic carbocycles. The number of aliphatic hydroxyl groups is 1. The molecule has 0 saturated carbocycles. The molecule has 1 unspecified atom stereocenters. The molecular weight excluding hydrogens is 262 g/mol. The van der Waals surface area contributed by atoms with E-state index in [-0.39, 0.29) is 18.2 Å². The van der Waals surface area contributed by atoms with E-state index in [9.17, 15) is 15.2 Å². The van der Waals surface area contributed by atoms with Crippen molar-refractivity contribution in [2.75, 3.05) is 37.0 Å². The van der Waals surface area contributed by atoms with Gasteiger partial charge in [-0.1, -0.05) is 0 Å². The summed E-state index contributed by atoms with van der Waals surface area (Å²) >= 11 is 0. The zero-order chi connectivity index (χ0) is 14.7. The van der Waals surface area contributed by atoms with Crippen LogP contribution in [0.15, 0.2) is 0 Å². The lowest BCUT2D eigenvalue weighted by molar-refractivity contribution is -0.385. The Balaban J connectivity index is 2.42. The lowest BCUT2D eigenvalue weighted by Gasteiger charge is -2.32. The van der Waals surface area contributed by atoms with Crippen LogP contribution >= 0.6 is 0 Å². The van der Waals surface area contributed by atoms with Gasteiger partial charge in [0.2, 0.25) is 11.8 Å². The van der Waals surface area contributed by atoms with Crippen LogP contribution in [0.3, 0.4) is 0 Å². The monoisotopic (exact) mass is 281 g/mol. The summed E-state index contributed by atoms with van der Waals surface area (Å²) in [5, 5.41) is 23.4. The van der Waals surface area contributed by atoms with Gasteiger partial charge in [0, 0.05) is 26.7 Å². The van der Waals surface area contributed by atoms with Crippen LogP contribution in [0.5, 0.6) is 0 Å². The summed E-state index contributed by atoms with van der Waals surface area (Å²) in [6.07, 6.45) is 1.82. The molecule has 0 bridgehead atoms. The van der Waals surface area contributed by atoms with Crippen molar-refractivity contribution in [3.8, 4) is 0 Å². The van der Waals surface area contributed by atoms with Gasteiger partial charge in [-0.15, -0.1) is 0 Å². The lowest BCUT2D eigenvalue weighted by atomic mass is 9.99. The normalized spacial score (nSPS) is 18.9. The van der Waals surface area contributed by atoms with Crippen LogP contribution in [0.1, 0.15) is 18.5 Å². The maximum Gasteiger partial charge on any atom is 0.332 e. The molecule has 110 valence electrons. The summed E-state index contributed by atoms with van der Waals surface area (Å²) in [7, 11) is 1.68. The summed E-state index contributed by atoms with van der Waals surface area (Å²) in [4.78, 5) is 21.0. The number of anilines is 2. The van der Waals surface area contributed by atoms with Gasteiger partial charge in [-0.05, 0) is 25.7 Å². The fraction of sp³-hybridized carbons (Fsp3) is 0.667. The van der Waals surface area contributed by atoms with E-state index < -0.39 is 4.92 Å². The molecule has 0 aliphatic carbocycles. The van der Waals surface area contributed by atoms with Gasteiger partial charge < -0.3 is 15.3 Å². The number of aromatic nitrogens is 2. The van der Waals surface area contributed by atoms with Crippen molar-refractivity contribution in [3.05, 3.63) is 15.8 Å². The second-order valence-electron chi connectivity index (χ2n) is 4.95. The zero-order valence-electron chi connectivity index (χ0n) is 11.7. The van der Waals surface area contributed by atoms with Crippen LogP contribution in [-0.2, 0) is 0 Å². The van der Waals surface area contributed by atoms with E-state index in [4.69, 9.17) is 0 Å². The molecule has 1 aromatic rings. The lowest BCUT2D eigenvalue weighted by Crippen LogP contribution is -2.38. The number of nitrogens with one attached hydrogen (secondary N) is 1. The molecule has 8 heteroatoms. The first-order valence-electron chi connectivity index (χ1n) is 6.63. The van der Waals surface area contributed by atoms with Gasteiger partial charge in [0.1, 0.15) is 5.69 Å². The van der Waals surface area contributed by atoms with Crippen molar-refractivity contribution in [1.82, 2.24) is 9.97 Å². The van der Waals surface area contributed by atoms with Gasteiger partial charge in [0.15, 0.2) is 0 Å². The Morgan fingerprint density at radius 3 is 2.90 bits per heavy atom. The second-order valence-corrected chi connectivity index (χ2v) is 4.95. The Hall–Kier alpha value is -1.96. The molecule has 0 amide bonds. The third-order valence-corrected chi connectivity index (χ3v) is 3.52. The average molecular weight is 281 g/mol. The van der Waals surface area contributed by atoms with Gasteiger partial charge in [-0.2, -0.15) is 4.98 Å². The summed E-state index contributed by atoms with van der Waals surface area (Å²) < 4.78 is 0. The Kier molecular flexibility index (Phi) is 4.33. The predicted molar refractivity (Wildman–Crippen MR) is 75.0 cm³/mol. The number of aliphatic hydroxyl groups excluding tert-OH is 1. The average Bonchev–Trinajstić information content (AvgIpc) is 2.45. The molecule has 1 aliphatic heterocycles. The number of piperidine rings is 1. The fourth-order valence-electron chi connectivity index (χ4n) is 2.50. The Bertz CT molecular complexity index is 508. The zero-order valence-corrected chi connectivity index (χ0v) is 11.7. The van der Waals surface area contributed by atoms with Crippen molar-refractivity contribution in [3.63, 3.8) is 0 Å². The van der Waals surface area contributed by atoms with Crippen molar-refractivity contribution < 1.29 is 10.0 Å². The van der Waals surface area contributed by atoms with E-state index in [1.54, 1.807) is 14.0 Å². The topological polar surface area (TPSA) is 104 Å². The van der Waals surface area contributed by atoms with Gasteiger partial charge in [-0.25, -0.2) is 4.98 Å². The fourth-order valence-corrected chi connectivity index (χ4v) is 2.50. The van der Waals surface area contributed by atoms with E-state index in [1.807, 2.05) is 4.90 Å². The van der Waals surface area contributed by atoms with Crippen LogP contribution in [-0.4, -0.2) is 46.7 Å². The molecule has 2 rings (SSSR count). The van der Waals surface area contributed by atoms with Gasteiger partial charge >= 0.3 is 5.69 Å². The van der Waals surface area contributed by atoms with Gasteiger partial charge in [0.25, 0.3) is 0 Å². The highest BCUT2D eigenvalue weighted by molar-refractivity contribution is 5.62. The molecule has 2 heterocycles. The van der Waals surface area contributed by atoms with Crippen LogP contribution < -0.4 is 10.2 Å². The molecule has 2 N–H and O–H groups in total. The van der Waals surface area contributed by atoms with E-state index in [1.165, 1.54) is 0 Å². The maximum absolute atomic E-state index is 11.3. The van der Waals surface area contributed by atoms with Crippen LogP contribution in [0.25, 0.3) is 0 Å². The van der Waals surface area contributed by atoms with Crippen molar-refractivity contribution in [2.24, 2.45) is 5.92 Å². The quantitative estimate of drug-likeness (QED) is 0.625. The number of nitro groups is 1. The summed E-state index contributed by atoms with van der Waals surface area (Å²) in [6.45, 7) is 2.98. The number of aryl methyl sites for hydroxylation is 1. The summed E-state index contributed by atoms with van der Waals surface area (Å²) in [6, 6.07) is 0. The number of nitrogens with zero attached hydrogens (tertiary/aromatic N) is 4. The first-order valence-corrected chi connectivity index (χ1v) is 6.63. The first-order chi connectivity index (χ1) is 9.56. The van der Waals surface area contributed by atoms with Crippen LogP contribution in [0, 0.1) is 23.0 Å². The highest BCUT2D eigenvalue weighted by Crippen LogP contribution is 2.32. The van der Waals surface area contributed by atoms with Crippen LogP contribution in [0.4, 0.5) is 17.5 Å².